The van der Waals surface area contributed by atoms with Crippen LogP contribution in [0.3, 0.4) is 0 Å². The van der Waals surface area contributed by atoms with E-state index in [1.165, 1.54) is 127 Å². The van der Waals surface area contributed by atoms with Gasteiger partial charge in [-0.15, -0.1) is 0 Å². The Morgan fingerprint density at radius 2 is 1.00 bits per heavy atom. The maximum absolute atomic E-state index is 2.30. The van der Waals surface area contributed by atoms with Crippen LogP contribution in [0.15, 0.2) is 0 Å². The van der Waals surface area contributed by atoms with E-state index in [0.29, 0.717) is 0 Å². The third-order valence-corrected chi connectivity index (χ3v) is 6.52. The SMILES string of the molecule is CCCCCCCCCCCCCC[N+]12CCC(CC1)CC2. The van der Waals surface area contributed by atoms with Gasteiger partial charge in [-0.2, -0.15) is 0 Å². The zero-order valence-electron chi connectivity index (χ0n) is 15.5. The van der Waals surface area contributed by atoms with Crippen LogP contribution in [0.5, 0.6) is 0 Å². The van der Waals surface area contributed by atoms with E-state index in [4.69, 9.17) is 0 Å². The molecule has 0 N–H and O–H groups in total. The van der Waals surface area contributed by atoms with Crippen molar-refractivity contribution in [1.82, 2.24) is 0 Å². The predicted octanol–water partition coefficient (Wildman–Crippen LogP) is 6.32. The van der Waals surface area contributed by atoms with E-state index in [9.17, 15) is 0 Å². The van der Waals surface area contributed by atoms with Gasteiger partial charge in [0, 0.05) is 0 Å². The monoisotopic (exact) mass is 308 g/mol. The average molecular weight is 309 g/mol. The summed E-state index contributed by atoms with van der Waals surface area (Å²) >= 11 is 0. The lowest BCUT2D eigenvalue weighted by molar-refractivity contribution is -0.942. The number of hydrogen-bond acceptors (Lipinski definition) is 0. The molecule has 0 saturated carbocycles. The van der Waals surface area contributed by atoms with Crippen LogP contribution in [0.1, 0.15) is 103 Å². The number of rotatable bonds is 13. The van der Waals surface area contributed by atoms with E-state index in [-0.39, 0.29) is 0 Å². The third-order valence-electron chi connectivity index (χ3n) is 6.52. The average Bonchev–Trinajstić information content (AvgIpc) is 2.57. The van der Waals surface area contributed by atoms with E-state index < -0.39 is 0 Å². The first-order chi connectivity index (χ1) is 10.8. The van der Waals surface area contributed by atoms with E-state index in [1.807, 2.05) is 0 Å². The molecule has 0 aromatic carbocycles. The first-order valence-electron chi connectivity index (χ1n) is 10.7. The molecule has 3 heterocycles. The maximum Gasteiger partial charge on any atom is 0.0789 e. The minimum atomic E-state index is 1.11. The standard InChI is InChI=1S/C21H42N/c1-2-3-4-5-6-7-8-9-10-11-12-13-17-22-18-14-21(15-19-22)16-20-22/h21H,2-20H2,1H3/q+1. The van der Waals surface area contributed by atoms with Crippen molar-refractivity contribution >= 4 is 0 Å². The Balaban J connectivity index is 1.34. The van der Waals surface area contributed by atoms with E-state index >= 15 is 0 Å². The number of hydrogen-bond donors (Lipinski definition) is 0. The summed E-state index contributed by atoms with van der Waals surface area (Å²) in [4.78, 5) is 0. The van der Waals surface area contributed by atoms with Gasteiger partial charge in [-0.1, -0.05) is 71.1 Å². The first kappa shape index (κ1) is 18.3. The van der Waals surface area contributed by atoms with Gasteiger partial charge in [-0.05, 0) is 38.0 Å². The van der Waals surface area contributed by atoms with Crippen molar-refractivity contribution in [3.8, 4) is 0 Å². The Labute approximate surface area is 140 Å². The van der Waals surface area contributed by atoms with E-state index in [0.717, 1.165) is 5.92 Å². The normalized spacial score (nSPS) is 27.4. The van der Waals surface area contributed by atoms with Crippen molar-refractivity contribution in [2.75, 3.05) is 26.2 Å². The summed E-state index contributed by atoms with van der Waals surface area (Å²) in [7, 11) is 0. The number of nitrogens with zero attached hydrogens (tertiary/aromatic N) is 1. The number of unbranched alkanes of at least 4 members (excludes halogenated alkanes) is 11. The molecule has 0 spiro atoms. The predicted molar refractivity (Wildman–Crippen MR) is 98.1 cm³/mol. The van der Waals surface area contributed by atoms with Crippen LogP contribution in [0.25, 0.3) is 0 Å². The molecule has 3 aliphatic heterocycles. The molecule has 3 fully saturated rings. The van der Waals surface area contributed by atoms with E-state index in [1.54, 1.807) is 0 Å². The zero-order valence-corrected chi connectivity index (χ0v) is 15.5. The van der Waals surface area contributed by atoms with Crippen LogP contribution in [-0.2, 0) is 0 Å². The van der Waals surface area contributed by atoms with Gasteiger partial charge in [0.1, 0.15) is 0 Å². The van der Waals surface area contributed by atoms with Crippen LogP contribution in [0.4, 0.5) is 0 Å². The minimum Gasteiger partial charge on any atom is -0.324 e. The second-order valence-electron chi connectivity index (χ2n) is 8.36. The number of piperidine rings is 3. The first-order valence-corrected chi connectivity index (χ1v) is 10.7. The van der Waals surface area contributed by atoms with Crippen molar-refractivity contribution in [2.45, 2.75) is 103 Å². The fourth-order valence-corrected chi connectivity index (χ4v) is 4.76. The molecule has 3 aliphatic rings. The van der Waals surface area contributed by atoms with Gasteiger partial charge < -0.3 is 4.48 Å². The number of fused-ring (bicyclic) bond motifs is 3. The smallest absolute Gasteiger partial charge is 0.0789 e. The fraction of sp³-hybridized carbons (Fsp3) is 1.00. The largest absolute Gasteiger partial charge is 0.324 e. The molecule has 1 nitrogen and oxygen atoms in total. The lowest BCUT2D eigenvalue weighted by Gasteiger charge is -2.49. The highest BCUT2D eigenvalue weighted by Crippen LogP contribution is 2.33. The molecule has 0 radical (unpaired) electrons. The van der Waals surface area contributed by atoms with Gasteiger partial charge in [0.15, 0.2) is 0 Å². The minimum absolute atomic E-state index is 1.11. The molecular formula is C21H42N+. The Morgan fingerprint density at radius 1 is 0.591 bits per heavy atom. The van der Waals surface area contributed by atoms with Gasteiger partial charge in [-0.25, -0.2) is 0 Å². The van der Waals surface area contributed by atoms with Crippen molar-refractivity contribution in [3.05, 3.63) is 0 Å². The van der Waals surface area contributed by atoms with Crippen molar-refractivity contribution < 1.29 is 4.48 Å². The van der Waals surface area contributed by atoms with Crippen molar-refractivity contribution in [1.29, 1.82) is 0 Å². The molecule has 22 heavy (non-hydrogen) atoms. The van der Waals surface area contributed by atoms with Crippen LogP contribution in [0.2, 0.25) is 0 Å². The Morgan fingerprint density at radius 3 is 1.45 bits per heavy atom. The molecule has 130 valence electrons. The molecule has 0 amide bonds. The Bertz CT molecular complexity index is 251. The fourth-order valence-electron chi connectivity index (χ4n) is 4.76. The summed E-state index contributed by atoms with van der Waals surface area (Å²) in [6.07, 6.45) is 22.4. The lowest BCUT2D eigenvalue weighted by atomic mass is 9.85. The second kappa shape index (κ2) is 10.7. The summed E-state index contributed by atoms with van der Waals surface area (Å²) in [6, 6.07) is 0. The maximum atomic E-state index is 2.30. The molecule has 0 aromatic heterocycles. The summed E-state index contributed by atoms with van der Waals surface area (Å²) < 4.78 is 1.51. The molecule has 0 aliphatic carbocycles. The zero-order chi connectivity index (χ0) is 15.5. The molecule has 0 unspecified atom stereocenters. The van der Waals surface area contributed by atoms with Crippen LogP contribution in [0, 0.1) is 5.92 Å². The van der Waals surface area contributed by atoms with Gasteiger partial charge in [0.25, 0.3) is 0 Å². The third kappa shape index (κ3) is 6.60. The summed E-state index contributed by atoms with van der Waals surface area (Å²) in [6.45, 7) is 8.36. The molecule has 1 heteroatoms. The Kier molecular flexibility index (Phi) is 8.89. The van der Waals surface area contributed by atoms with Crippen molar-refractivity contribution in [2.24, 2.45) is 5.92 Å². The molecule has 0 atom stereocenters. The molecule has 3 rings (SSSR count). The molecule has 2 bridgehead atoms. The second-order valence-corrected chi connectivity index (χ2v) is 8.36. The van der Waals surface area contributed by atoms with E-state index in [2.05, 4.69) is 6.92 Å². The molecule has 0 aromatic rings. The molecule has 3 saturated heterocycles. The van der Waals surface area contributed by atoms with Gasteiger partial charge in [0.2, 0.25) is 0 Å². The van der Waals surface area contributed by atoms with Crippen molar-refractivity contribution in [3.63, 3.8) is 0 Å². The number of quaternary nitrogens is 1. The van der Waals surface area contributed by atoms with Crippen LogP contribution < -0.4 is 0 Å². The molecular weight excluding hydrogens is 266 g/mol. The van der Waals surface area contributed by atoms with Crippen LogP contribution >= 0.6 is 0 Å². The Hall–Kier alpha value is -0.0400. The highest BCUT2D eigenvalue weighted by molar-refractivity contribution is 4.71. The topological polar surface area (TPSA) is 0 Å². The summed E-state index contributed by atoms with van der Waals surface area (Å²) in [5.74, 6) is 1.11. The van der Waals surface area contributed by atoms with Gasteiger partial charge in [0.05, 0.1) is 26.2 Å². The summed E-state index contributed by atoms with van der Waals surface area (Å²) in [5, 5.41) is 0. The highest BCUT2D eigenvalue weighted by Gasteiger charge is 2.38. The van der Waals surface area contributed by atoms with Crippen LogP contribution in [-0.4, -0.2) is 30.7 Å². The van der Waals surface area contributed by atoms with Gasteiger partial charge >= 0.3 is 0 Å². The summed E-state index contributed by atoms with van der Waals surface area (Å²) in [5.41, 5.74) is 0. The quantitative estimate of drug-likeness (QED) is 0.276. The lowest BCUT2D eigenvalue weighted by Crippen LogP contribution is -2.58. The van der Waals surface area contributed by atoms with Gasteiger partial charge in [-0.3, -0.25) is 0 Å². The highest BCUT2D eigenvalue weighted by atomic mass is 15.4.